The average molecular weight is 300 g/mol. The molecule has 0 spiro atoms. The van der Waals surface area contributed by atoms with Gasteiger partial charge in [0, 0.05) is 39.2 Å². The van der Waals surface area contributed by atoms with Crippen molar-refractivity contribution in [2.75, 3.05) is 33.4 Å². The van der Waals surface area contributed by atoms with Gasteiger partial charge in [-0.15, -0.1) is 0 Å². The summed E-state index contributed by atoms with van der Waals surface area (Å²) >= 11 is 0. The molecule has 0 radical (unpaired) electrons. The van der Waals surface area contributed by atoms with Crippen LogP contribution in [-0.4, -0.2) is 66.3 Å². The molecule has 21 heavy (non-hydrogen) atoms. The molecule has 1 fully saturated rings. The highest BCUT2D eigenvalue weighted by molar-refractivity contribution is 5.75. The predicted octanol–water partition coefficient (Wildman–Crippen LogP) is 2.04. The first-order valence-electron chi connectivity index (χ1n) is 7.75. The van der Waals surface area contributed by atoms with E-state index < -0.39 is 5.97 Å². The van der Waals surface area contributed by atoms with Crippen LogP contribution in [0.15, 0.2) is 0 Å². The maximum absolute atomic E-state index is 12.6. The first kappa shape index (κ1) is 17.8. The molecule has 0 aromatic rings. The minimum atomic E-state index is -0.749. The number of nitrogens with zero attached hydrogens (tertiary/aromatic N) is 2. The number of carboxylic acid groups (broad SMARTS) is 1. The summed E-state index contributed by atoms with van der Waals surface area (Å²) in [5, 5.41) is 8.83. The number of urea groups is 1. The smallest absolute Gasteiger partial charge is 0.320 e. The van der Waals surface area contributed by atoms with Crippen LogP contribution < -0.4 is 0 Å². The molecule has 2 amide bonds. The van der Waals surface area contributed by atoms with E-state index in [2.05, 4.69) is 6.92 Å². The number of aliphatic carboxylic acids is 1. The lowest BCUT2D eigenvalue weighted by molar-refractivity contribution is -0.138. The topological polar surface area (TPSA) is 70.1 Å². The van der Waals surface area contributed by atoms with Gasteiger partial charge < -0.3 is 19.6 Å². The molecule has 6 heteroatoms. The molecule has 1 atom stereocenters. The summed E-state index contributed by atoms with van der Waals surface area (Å²) < 4.78 is 5.09. The molecule has 6 nitrogen and oxygen atoms in total. The molecule has 1 saturated heterocycles. The lowest BCUT2D eigenvalue weighted by Gasteiger charge is -2.37. The Bertz CT molecular complexity index is 341. The van der Waals surface area contributed by atoms with Crippen LogP contribution in [0.5, 0.6) is 0 Å². The molecule has 122 valence electrons. The minimum absolute atomic E-state index is 0.0511. The zero-order valence-electron chi connectivity index (χ0n) is 13.4. The zero-order chi connectivity index (χ0) is 15.8. The van der Waals surface area contributed by atoms with E-state index in [0.29, 0.717) is 26.2 Å². The molecule has 0 bridgehead atoms. The number of piperidine rings is 1. The van der Waals surface area contributed by atoms with Crippen LogP contribution in [-0.2, 0) is 9.53 Å². The van der Waals surface area contributed by atoms with Gasteiger partial charge in [0.25, 0.3) is 0 Å². The Labute approximate surface area is 127 Å². The van der Waals surface area contributed by atoms with Crippen molar-refractivity contribution in [3.8, 4) is 0 Å². The van der Waals surface area contributed by atoms with E-state index in [1.165, 1.54) is 0 Å². The number of methoxy groups -OCH3 is 1. The molecule has 1 aliphatic heterocycles. The van der Waals surface area contributed by atoms with Gasteiger partial charge in [0.05, 0.1) is 6.61 Å². The number of carbonyl (C=O) groups is 2. The monoisotopic (exact) mass is 300 g/mol. The van der Waals surface area contributed by atoms with Crippen molar-refractivity contribution in [1.29, 1.82) is 0 Å². The lowest BCUT2D eigenvalue weighted by Crippen LogP contribution is -2.50. The average Bonchev–Trinajstić information content (AvgIpc) is 2.47. The second-order valence-corrected chi connectivity index (χ2v) is 5.75. The summed E-state index contributed by atoms with van der Waals surface area (Å²) in [7, 11) is 1.64. The van der Waals surface area contributed by atoms with Crippen molar-refractivity contribution in [1.82, 2.24) is 9.80 Å². The number of carbonyl (C=O) groups excluding carboxylic acids is 1. The SMILES string of the molecule is CCC(C)N(CCOC)C(=O)N1CCC(CC(=O)O)CC1. The summed E-state index contributed by atoms with van der Waals surface area (Å²) in [6, 6.07) is 0.236. The van der Waals surface area contributed by atoms with Gasteiger partial charge in [0.2, 0.25) is 0 Å². The van der Waals surface area contributed by atoms with E-state index in [9.17, 15) is 9.59 Å². The standard InChI is InChI=1S/C15H28N2O4/c1-4-12(2)17(9-10-21-3)15(20)16-7-5-13(6-8-16)11-14(18)19/h12-13H,4-11H2,1-3H3,(H,18,19). The largest absolute Gasteiger partial charge is 0.481 e. The van der Waals surface area contributed by atoms with Crippen molar-refractivity contribution in [3.05, 3.63) is 0 Å². The lowest BCUT2D eigenvalue weighted by atomic mass is 9.94. The molecule has 1 N–H and O–H groups in total. The molecule has 0 saturated carbocycles. The summed E-state index contributed by atoms with van der Waals surface area (Å²) in [6.07, 6.45) is 2.67. The van der Waals surface area contributed by atoms with Crippen LogP contribution in [0.1, 0.15) is 39.5 Å². The number of carboxylic acids is 1. The normalized spacial score (nSPS) is 17.6. The molecule has 1 rings (SSSR count). The van der Waals surface area contributed by atoms with E-state index in [1.807, 2.05) is 16.7 Å². The van der Waals surface area contributed by atoms with Crippen molar-refractivity contribution in [2.45, 2.75) is 45.6 Å². The van der Waals surface area contributed by atoms with E-state index in [-0.39, 0.29) is 24.4 Å². The number of likely N-dealkylation sites (tertiary alicyclic amines) is 1. The van der Waals surface area contributed by atoms with Gasteiger partial charge in [-0.3, -0.25) is 4.79 Å². The van der Waals surface area contributed by atoms with Gasteiger partial charge in [-0.05, 0) is 32.1 Å². The second kappa shape index (κ2) is 8.87. The molecular weight excluding hydrogens is 272 g/mol. The third-order valence-corrected chi connectivity index (χ3v) is 4.25. The Kier molecular flexibility index (Phi) is 7.50. The van der Waals surface area contributed by atoms with Crippen LogP contribution in [0.2, 0.25) is 0 Å². The van der Waals surface area contributed by atoms with E-state index in [1.54, 1.807) is 7.11 Å². The number of hydrogen-bond acceptors (Lipinski definition) is 3. The van der Waals surface area contributed by atoms with Crippen molar-refractivity contribution < 1.29 is 19.4 Å². The van der Waals surface area contributed by atoms with Gasteiger partial charge in [-0.2, -0.15) is 0 Å². The van der Waals surface area contributed by atoms with Gasteiger partial charge in [-0.25, -0.2) is 4.79 Å². The zero-order valence-corrected chi connectivity index (χ0v) is 13.4. The Morgan fingerprint density at radius 1 is 1.38 bits per heavy atom. The van der Waals surface area contributed by atoms with Gasteiger partial charge in [-0.1, -0.05) is 6.92 Å². The highest BCUT2D eigenvalue weighted by Crippen LogP contribution is 2.22. The van der Waals surface area contributed by atoms with Crippen molar-refractivity contribution in [2.24, 2.45) is 5.92 Å². The summed E-state index contributed by atoms with van der Waals surface area (Å²) in [6.45, 7) is 6.54. The van der Waals surface area contributed by atoms with Crippen LogP contribution in [0.25, 0.3) is 0 Å². The Balaban J connectivity index is 2.54. The van der Waals surface area contributed by atoms with E-state index in [0.717, 1.165) is 19.3 Å². The summed E-state index contributed by atoms with van der Waals surface area (Å²) in [5.41, 5.74) is 0. The molecular formula is C15H28N2O4. The minimum Gasteiger partial charge on any atom is -0.481 e. The summed E-state index contributed by atoms with van der Waals surface area (Å²) in [5.74, 6) is -0.552. The molecule has 0 aromatic heterocycles. The third-order valence-electron chi connectivity index (χ3n) is 4.25. The maximum atomic E-state index is 12.6. The van der Waals surface area contributed by atoms with Crippen LogP contribution in [0.4, 0.5) is 4.79 Å². The first-order chi connectivity index (χ1) is 9.99. The van der Waals surface area contributed by atoms with Gasteiger partial charge in [0.15, 0.2) is 0 Å². The van der Waals surface area contributed by atoms with Crippen LogP contribution in [0, 0.1) is 5.92 Å². The fraction of sp³-hybridized carbons (Fsp3) is 0.867. The molecule has 0 aromatic carbocycles. The fourth-order valence-corrected chi connectivity index (χ4v) is 2.67. The molecule has 0 aliphatic carbocycles. The predicted molar refractivity (Wildman–Crippen MR) is 80.3 cm³/mol. The Hall–Kier alpha value is -1.30. The molecule has 1 heterocycles. The highest BCUT2D eigenvalue weighted by atomic mass is 16.5. The van der Waals surface area contributed by atoms with Crippen molar-refractivity contribution >= 4 is 12.0 Å². The number of amides is 2. The van der Waals surface area contributed by atoms with E-state index in [4.69, 9.17) is 9.84 Å². The third kappa shape index (κ3) is 5.53. The number of rotatable bonds is 7. The first-order valence-corrected chi connectivity index (χ1v) is 7.75. The molecule has 1 unspecified atom stereocenters. The maximum Gasteiger partial charge on any atom is 0.320 e. The highest BCUT2D eigenvalue weighted by Gasteiger charge is 2.28. The van der Waals surface area contributed by atoms with E-state index >= 15 is 0 Å². The van der Waals surface area contributed by atoms with Gasteiger partial charge >= 0.3 is 12.0 Å². The van der Waals surface area contributed by atoms with Crippen molar-refractivity contribution in [3.63, 3.8) is 0 Å². The Morgan fingerprint density at radius 3 is 2.48 bits per heavy atom. The van der Waals surface area contributed by atoms with Gasteiger partial charge in [0.1, 0.15) is 0 Å². The molecule has 1 aliphatic rings. The summed E-state index contributed by atoms with van der Waals surface area (Å²) in [4.78, 5) is 27.1. The number of hydrogen-bond donors (Lipinski definition) is 1. The van der Waals surface area contributed by atoms with Crippen LogP contribution >= 0.6 is 0 Å². The fourth-order valence-electron chi connectivity index (χ4n) is 2.67. The number of ether oxygens (including phenoxy) is 1. The Morgan fingerprint density at radius 2 is 2.00 bits per heavy atom. The second-order valence-electron chi connectivity index (χ2n) is 5.75. The quantitative estimate of drug-likeness (QED) is 0.781. The van der Waals surface area contributed by atoms with Crippen LogP contribution in [0.3, 0.4) is 0 Å².